The summed E-state index contributed by atoms with van der Waals surface area (Å²) in [6.07, 6.45) is -0.627. The summed E-state index contributed by atoms with van der Waals surface area (Å²) < 4.78 is 39.3. The molecule has 2 heterocycles. The van der Waals surface area contributed by atoms with Crippen molar-refractivity contribution in [3.05, 3.63) is 41.5 Å². The second-order valence-corrected chi connectivity index (χ2v) is 14.1. The number of methoxy groups -OCH3 is 3. The molecule has 2 aliphatic heterocycles. The number of rotatable bonds is 9. The van der Waals surface area contributed by atoms with E-state index in [-0.39, 0.29) is 19.8 Å². The Balaban J connectivity index is 1.74. The molecule has 0 spiro atoms. The SMILES string of the molecule is COc1cc(C[C@]2(O)C(=O)OC[C@H]2[C@@H](O[Si](C)(C)C)c2ccc3c(c2)OCO3)cc(OC)c1OC. The van der Waals surface area contributed by atoms with E-state index in [2.05, 4.69) is 19.6 Å². The van der Waals surface area contributed by atoms with Gasteiger partial charge < -0.3 is 38.0 Å². The van der Waals surface area contributed by atoms with Crippen molar-refractivity contribution in [3.8, 4) is 28.7 Å². The number of benzene rings is 2. The molecule has 2 aliphatic rings. The molecule has 0 aromatic heterocycles. The number of fused-ring (bicyclic) bond motifs is 1. The van der Waals surface area contributed by atoms with Crippen LogP contribution in [0.15, 0.2) is 30.3 Å². The van der Waals surface area contributed by atoms with Gasteiger partial charge in [-0.25, -0.2) is 4.79 Å². The summed E-state index contributed by atoms with van der Waals surface area (Å²) in [5, 5.41) is 11.8. The van der Waals surface area contributed by atoms with E-state index < -0.39 is 31.9 Å². The van der Waals surface area contributed by atoms with Gasteiger partial charge in [-0.2, -0.15) is 0 Å². The Kier molecular flexibility index (Phi) is 6.89. The Morgan fingerprint density at radius 3 is 2.26 bits per heavy atom. The zero-order valence-electron chi connectivity index (χ0n) is 20.9. The zero-order valence-corrected chi connectivity index (χ0v) is 21.9. The first-order valence-corrected chi connectivity index (χ1v) is 14.8. The molecule has 1 N–H and O–H groups in total. The normalized spacial score (nSPS) is 22.0. The maximum atomic E-state index is 13.0. The molecule has 0 bridgehead atoms. The lowest BCUT2D eigenvalue weighted by Crippen LogP contribution is -2.47. The van der Waals surface area contributed by atoms with Gasteiger partial charge in [0.1, 0.15) is 6.61 Å². The minimum Gasteiger partial charge on any atom is -0.493 e. The largest absolute Gasteiger partial charge is 0.493 e. The Labute approximate surface area is 205 Å². The van der Waals surface area contributed by atoms with E-state index in [4.69, 9.17) is 32.8 Å². The minimum atomic E-state index is -2.12. The van der Waals surface area contributed by atoms with Crippen LogP contribution in [0.5, 0.6) is 28.7 Å². The molecule has 2 aromatic rings. The van der Waals surface area contributed by atoms with Crippen molar-refractivity contribution in [3.63, 3.8) is 0 Å². The number of hydrogen-bond acceptors (Lipinski definition) is 9. The Bertz CT molecular complexity index is 1070. The van der Waals surface area contributed by atoms with Crippen molar-refractivity contribution in [1.82, 2.24) is 0 Å². The van der Waals surface area contributed by atoms with Crippen molar-refractivity contribution in [1.29, 1.82) is 0 Å². The van der Waals surface area contributed by atoms with Crippen LogP contribution in [0.25, 0.3) is 0 Å². The average molecular weight is 505 g/mol. The molecular weight excluding hydrogens is 472 g/mol. The monoisotopic (exact) mass is 504 g/mol. The summed E-state index contributed by atoms with van der Waals surface area (Å²) in [4.78, 5) is 13.0. The van der Waals surface area contributed by atoms with Crippen LogP contribution in [-0.2, 0) is 20.4 Å². The molecule has 3 atom stereocenters. The smallest absolute Gasteiger partial charge is 0.339 e. The van der Waals surface area contributed by atoms with Crippen molar-refractivity contribution in [2.75, 3.05) is 34.7 Å². The van der Waals surface area contributed by atoms with Crippen LogP contribution < -0.4 is 23.7 Å². The maximum absolute atomic E-state index is 13.0. The van der Waals surface area contributed by atoms with Gasteiger partial charge in [0.2, 0.25) is 12.5 Å². The van der Waals surface area contributed by atoms with E-state index >= 15 is 0 Å². The van der Waals surface area contributed by atoms with E-state index in [0.29, 0.717) is 34.3 Å². The third kappa shape index (κ3) is 4.91. The summed E-state index contributed by atoms with van der Waals surface area (Å²) in [6, 6.07) is 8.97. The van der Waals surface area contributed by atoms with E-state index in [0.717, 1.165) is 5.56 Å². The van der Waals surface area contributed by atoms with Crippen LogP contribution >= 0.6 is 0 Å². The van der Waals surface area contributed by atoms with Crippen LogP contribution in [0.4, 0.5) is 0 Å². The van der Waals surface area contributed by atoms with Crippen molar-refractivity contribution in [2.24, 2.45) is 5.92 Å². The summed E-state index contributed by atoms with van der Waals surface area (Å²) in [5.74, 6) is 1.18. The quantitative estimate of drug-likeness (QED) is 0.406. The highest BCUT2D eigenvalue weighted by molar-refractivity contribution is 6.69. The average Bonchev–Trinajstić information content (AvgIpc) is 3.40. The predicted molar refractivity (Wildman–Crippen MR) is 129 cm³/mol. The fourth-order valence-corrected chi connectivity index (χ4v) is 5.59. The molecule has 0 unspecified atom stereocenters. The summed E-state index contributed by atoms with van der Waals surface area (Å²) in [7, 11) is 2.42. The van der Waals surface area contributed by atoms with Gasteiger partial charge in [-0.15, -0.1) is 0 Å². The van der Waals surface area contributed by atoms with Gasteiger partial charge in [0.25, 0.3) is 0 Å². The van der Waals surface area contributed by atoms with E-state index in [1.165, 1.54) is 21.3 Å². The number of carbonyl (C=O) groups excluding carboxylic acids is 1. The second kappa shape index (κ2) is 9.60. The Hall–Kier alpha value is -2.95. The van der Waals surface area contributed by atoms with Crippen molar-refractivity contribution >= 4 is 14.3 Å². The number of ether oxygens (including phenoxy) is 6. The Morgan fingerprint density at radius 2 is 1.66 bits per heavy atom. The maximum Gasteiger partial charge on any atom is 0.339 e. The van der Waals surface area contributed by atoms with Crippen LogP contribution in [0.3, 0.4) is 0 Å². The third-order valence-electron chi connectivity index (χ3n) is 6.13. The molecule has 0 aliphatic carbocycles. The van der Waals surface area contributed by atoms with Crippen LogP contribution in [0, 0.1) is 5.92 Å². The van der Waals surface area contributed by atoms with Crippen molar-refractivity contribution < 1.29 is 42.7 Å². The molecule has 0 saturated carbocycles. The predicted octanol–water partition coefficient (Wildman–Crippen LogP) is 3.48. The minimum absolute atomic E-state index is 0.0172. The Morgan fingerprint density at radius 1 is 1.00 bits per heavy atom. The lowest BCUT2D eigenvalue weighted by atomic mass is 9.79. The van der Waals surface area contributed by atoms with Gasteiger partial charge in [0, 0.05) is 6.42 Å². The number of cyclic esters (lactones) is 1. The highest BCUT2D eigenvalue weighted by atomic mass is 28.4. The van der Waals surface area contributed by atoms with Gasteiger partial charge >= 0.3 is 5.97 Å². The second-order valence-electron chi connectivity index (χ2n) is 9.60. The first kappa shape index (κ1) is 25.1. The molecule has 1 saturated heterocycles. The number of carbonyl (C=O) groups is 1. The van der Waals surface area contributed by atoms with E-state index in [9.17, 15) is 9.90 Å². The molecule has 4 rings (SSSR count). The number of aliphatic hydroxyl groups is 1. The zero-order chi connectivity index (χ0) is 25.4. The molecule has 0 radical (unpaired) electrons. The molecular formula is C25H32O9Si. The molecule has 10 heteroatoms. The van der Waals surface area contributed by atoms with Gasteiger partial charge in [0.05, 0.1) is 33.4 Å². The molecule has 2 aromatic carbocycles. The standard InChI is InChI=1S/C25H32O9Si/c1-28-20-9-15(10-21(29-2)23(20)30-3)12-25(27)17(13-31-24(25)26)22(34-35(4,5)6)16-7-8-18-19(11-16)33-14-32-18/h7-11,17,22,27H,12-14H2,1-6H3/t17-,22-,25+/m0/s1. The summed E-state index contributed by atoms with van der Waals surface area (Å²) in [6.45, 7) is 6.34. The lowest BCUT2D eigenvalue weighted by molar-refractivity contribution is -0.155. The lowest BCUT2D eigenvalue weighted by Gasteiger charge is -2.36. The van der Waals surface area contributed by atoms with Crippen LogP contribution in [0.2, 0.25) is 19.6 Å². The highest BCUT2D eigenvalue weighted by Gasteiger charge is 2.55. The first-order chi connectivity index (χ1) is 16.6. The van der Waals surface area contributed by atoms with Gasteiger partial charge in [0.15, 0.2) is 36.9 Å². The molecule has 190 valence electrons. The van der Waals surface area contributed by atoms with E-state index in [1.807, 2.05) is 18.2 Å². The highest BCUT2D eigenvalue weighted by Crippen LogP contribution is 2.46. The molecule has 9 nitrogen and oxygen atoms in total. The fourth-order valence-electron chi connectivity index (χ4n) is 4.52. The number of esters is 1. The fraction of sp³-hybridized carbons (Fsp3) is 0.480. The topological polar surface area (TPSA) is 102 Å². The van der Waals surface area contributed by atoms with Gasteiger partial charge in [-0.05, 0) is 55.0 Å². The van der Waals surface area contributed by atoms with Crippen LogP contribution in [0.1, 0.15) is 17.2 Å². The number of hydrogen-bond donors (Lipinski definition) is 1. The van der Waals surface area contributed by atoms with E-state index in [1.54, 1.807) is 12.1 Å². The van der Waals surface area contributed by atoms with Crippen LogP contribution in [-0.4, -0.2) is 59.7 Å². The molecule has 0 amide bonds. The molecule has 1 fully saturated rings. The summed E-state index contributed by atoms with van der Waals surface area (Å²) in [5.41, 5.74) is -0.433. The summed E-state index contributed by atoms with van der Waals surface area (Å²) >= 11 is 0. The van der Waals surface area contributed by atoms with Crippen molar-refractivity contribution in [2.45, 2.75) is 37.8 Å². The van der Waals surface area contributed by atoms with Gasteiger partial charge in [-0.1, -0.05) is 6.07 Å². The molecule has 35 heavy (non-hydrogen) atoms. The third-order valence-corrected chi connectivity index (χ3v) is 7.09. The van der Waals surface area contributed by atoms with Gasteiger partial charge in [-0.3, -0.25) is 0 Å². The first-order valence-electron chi connectivity index (χ1n) is 11.4.